The van der Waals surface area contributed by atoms with Gasteiger partial charge in [-0.2, -0.15) is 0 Å². The van der Waals surface area contributed by atoms with Crippen LogP contribution in [-0.2, 0) is 4.74 Å². The number of hydrogen-bond donors (Lipinski definition) is 0. The molecule has 5 nitrogen and oxygen atoms in total. The van der Waals surface area contributed by atoms with Crippen molar-refractivity contribution in [2.24, 2.45) is 0 Å². The van der Waals surface area contributed by atoms with Gasteiger partial charge >= 0.3 is 5.97 Å². The van der Waals surface area contributed by atoms with Gasteiger partial charge in [-0.25, -0.2) is 9.18 Å². The van der Waals surface area contributed by atoms with Crippen LogP contribution in [0.1, 0.15) is 20.7 Å². The fraction of sp³-hybridized carbons (Fsp3) is 0.176. The molecule has 2 rings (SSSR count). The molecular weight excluding hydrogens is 303 g/mol. The topological polar surface area (TPSA) is 61.8 Å². The van der Waals surface area contributed by atoms with Crippen LogP contribution in [0.2, 0.25) is 0 Å². The molecule has 6 heteroatoms. The lowest BCUT2D eigenvalue weighted by molar-refractivity contribution is 0.0470. The molecule has 0 N–H and O–H groups in total. The first-order chi connectivity index (χ1) is 11.1. The second-order valence-corrected chi connectivity index (χ2v) is 4.52. The molecule has 0 bridgehead atoms. The summed E-state index contributed by atoms with van der Waals surface area (Å²) in [4.78, 5) is 24.0. The highest BCUT2D eigenvalue weighted by molar-refractivity contribution is 6.00. The first kappa shape index (κ1) is 16.5. The number of halogens is 1. The third-order valence-electron chi connectivity index (χ3n) is 3.13. The maximum atomic E-state index is 13.5. The third kappa shape index (κ3) is 3.66. The van der Waals surface area contributed by atoms with Crippen molar-refractivity contribution in [3.8, 4) is 11.5 Å². The lowest BCUT2D eigenvalue weighted by atomic mass is 10.1. The number of para-hydroxylation sites is 1. The molecule has 0 atom stereocenters. The molecule has 120 valence electrons. The largest absolute Gasteiger partial charge is 0.493 e. The maximum absolute atomic E-state index is 13.5. The average Bonchev–Trinajstić information content (AvgIpc) is 2.58. The number of Topliss-reactive ketones (excluding diaryl/α,β-unsaturated/α-hetero) is 1. The van der Waals surface area contributed by atoms with Gasteiger partial charge in [0.15, 0.2) is 18.1 Å². The molecule has 0 aliphatic heterocycles. The normalized spacial score (nSPS) is 10.0. The van der Waals surface area contributed by atoms with Gasteiger partial charge in [-0.3, -0.25) is 4.79 Å². The summed E-state index contributed by atoms with van der Waals surface area (Å²) in [6.07, 6.45) is 0. The molecule has 2 aromatic rings. The third-order valence-corrected chi connectivity index (χ3v) is 3.13. The number of ketones is 1. The van der Waals surface area contributed by atoms with Crippen LogP contribution in [0.3, 0.4) is 0 Å². The van der Waals surface area contributed by atoms with Crippen LogP contribution < -0.4 is 9.47 Å². The molecule has 0 fully saturated rings. The summed E-state index contributed by atoms with van der Waals surface area (Å²) in [5, 5.41) is 0. The molecule has 23 heavy (non-hydrogen) atoms. The average molecular weight is 318 g/mol. The molecule has 0 heterocycles. The molecule has 0 amide bonds. The molecule has 0 aliphatic rings. The SMILES string of the molecule is COc1cccc(C(=O)OCC(=O)c2ccccc2F)c1OC. The van der Waals surface area contributed by atoms with Crippen LogP contribution in [0, 0.1) is 5.82 Å². The summed E-state index contributed by atoms with van der Waals surface area (Å²) in [5.74, 6) is -1.48. The summed E-state index contributed by atoms with van der Waals surface area (Å²) in [6.45, 7) is -0.569. The Labute approximate surface area is 132 Å². The van der Waals surface area contributed by atoms with E-state index in [0.29, 0.717) is 5.75 Å². The first-order valence-electron chi connectivity index (χ1n) is 6.74. The predicted molar refractivity (Wildman–Crippen MR) is 80.6 cm³/mol. The molecule has 0 saturated carbocycles. The molecule has 0 saturated heterocycles. The van der Waals surface area contributed by atoms with E-state index in [9.17, 15) is 14.0 Å². The minimum atomic E-state index is -0.759. The maximum Gasteiger partial charge on any atom is 0.342 e. The Morgan fingerprint density at radius 2 is 1.65 bits per heavy atom. The fourth-order valence-corrected chi connectivity index (χ4v) is 2.02. The number of carbonyl (C=O) groups is 2. The van der Waals surface area contributed by atoms with E-state index in [1.807, 2.05) is 0 Å². The van der Waals surface area contributed by atoms with Gasteiger partial charge in [-0.1, -0.05) is 18.2 Å². The zero-order chi connectivity index (χ0) is 16.8. The number of ether oxygens (including phenoxy) is 3. The fourth-order valence-electron chi connectivity index (χ4n) is 2.02. The van der Waals surface area contributed by atoms with Crippen molar-refractivity contribution in [3.63, 3.8) is 0 Å². The number of rotatable bonds is 6. The molecule has 0 unspecified atom stereocenters. The van der Waals surface area contributed by atoms with Gasteiger partial charge in [-0.05, 0) is 24.3 Å². The molecule has 0 radical (unpaired) electrons. The minimum absolute atomic E-state index is 0.119. The Hall–Kier alpha value is -2.89. The van der Waals surface area contributed by atoms with E-state index < -0.39 is 24.2 Å². The quantitative estimate of drug-likeness (QED) is 0.605. The van der Waals surface area contributed by atoms with Crippen molar-refractivity contribution in [2.45, 2.75) is 0 Å². The highest BCUT2D eigenvalue weighted by Gasteiger charge is 2.19. The number of esters is 1. The first-order valence-corrected chi connectivity index (χ1v) is 6.74. The summed E-state index contributed by atoms with van der Waals surface area (Å²) < 4.78 is 28.7. The molecule has 2 aromatic carbocycles. The smallest absolute Gasteiger partial charge is 0.342 e. The standard InChI is InChI=1S/C17H15FO5/c1-21-15-9-5-7-12(16(15)22-2)17(20)23-10-14(19)11-6-3-4-8-13(11)18/h3-9H,10H2,1-2H3. The van der Waals surface area contributed by atoms with Crippen LogP contribution in [0.5, 0.6) is 11.5 Å². The van der Waals surface area contributed by atoms with E-state index in [1.54, 1.807) is 12.1 Å². The van der Waals surface area contributed by atoms with Crippen LogP contribution in [-0.4, -0.2) is 32.6 Å². The lowest BCUT2D eigenvalue weighted by Gasteiger charge is -2.12. The molecule has 0 spiro atoms. The van der Waals surface area contributed by atoms with Gasteiger partial charge in [0.1, 0.15) is 11.4 Å². The van der Waals surface area contributed by atoms with Gasteiger partial charge < -0.3 is 14.2 Å². The number of hydrogen-bond acceptors (Lipinski definition) is 5. The van der Waals surface area contributed by atoms with Crippen molar-refractivity contribution < 1.29 is 28.2 Å². The lowest BCUT2D eigenvalue weighted by Crippen LogP contribution is -2.16. The Morgan fingerprint density at radius 3 is 2.30 bits per heavy atom. The Morgan fingerprint density at radius 1 is 0.957 bits per heavy atom. The predicted octanol–water partition coefficient (Wildman–Crippen LogP) is 2.88. The van der Waals surface area contributed by atoms with Gasteiger partial charge in [0.2, 0.25) is 5.78 Å². The van der Waals surface area contributed by atoms with Crippen molar-refractivity contribution in [2.75, 3.05) is 20.8 Å². The van der Waals surface area contributed by atoms with E-state index in [4.69, 9.17) is 14.2 Å². The highest BCUT2D eigenvalue weighted by Crippen LogP contribution is 2.31. The van der Waals surface area contributed by atoms with Crippen molar-refractivity contribution in [1.82, 2.24) is 0 Å². The van der Waals surface area contributed by atoms with Crippen LogP contribution in [0.25, 0.3) is 0 Å². The van der Waals surface area contributed by atoms with E-state index in [-0.39, 0.29) is 16.9 Å². The second-order valence-electron chi connectivity index (χ2n) is 4.52. The summed E-state index contributed by atoms with van der Waals surface area (Å²) >= 11 is 0. The molecule has 0 aromatic heterocycles. The van der Waals surface area contributed by atoms with Crippen molar-refractivity contribution in [1.29, 1.82) is 0 Å². The highest BCUT2D eigenvalue weighted by atomic mass is 19.1. The van der Waals surface area contributed by atoms with E-state index >= 15 is 0 Å². The van der Waals surface area contributed by atoms with E-state index in [1.165, 1.54) is 44.6 Å². The van der Waals surface area contributed by atoms with Crippen LogP contribution in [0.15, 0.2) is 42.5 Å². The van der Waals surface area contributed by atoms with Gasteiger partial charge in [0.05, 0.1) is 19.8 Å². The van der Waals surface area contributed by atoms with Gasteiger partial charge in [0.25, 0.3) is 0 Å². The van der Waals surface area contributed by atoms with Gasteiger partial charge in [0, 0.05) is 0 Å². The van der Waals surface area contributed by atoms with Gasteiger partial charge in [-0.15, -0.1) is 0 Å². The number of benzene rings is 2. The molecular formula is C17H15FO5. The Balaban J connectivity index is 2.12. The van der Waals surface area contributed by atoms with Crippen LogP contribution in [0.4, 0.5) is 4.39 Å². The second kappa shape index (κ2) is 7.40. The van der Waals surface area contributed by atoms with E-state index in [0.717, 1.165) is 0 Å². The van der Waals surface area contributed by atoms with Crippen molar-refractivity contribution >= 4 is 11.8 Å². The summed E-state index contributed by atoms with van der Waals surface area (Å²) in [7, 11) is 2.83. The zero-order valence-corrected chi connectivity index (χ0v) is 12.7. The van der Waals surface area contributed by atoms with Crippen LogP contribution >= 0.6 is 0 Å². The van der Waals surface area contributed by atoms with E-state index in [2.05, 4.69) is 0 Å². The minimum Gasteiger partial charge on any atom is -0.493 e. The monoisotopic (exact) mass is 318 g/mol. The number of carbonyl (C=O) groups excluding carboxylic acids is 2. The summed E-state index contributed by atoms with van der Waals surface area (Å²) in [5.41, 5.74) is -0.00825. The summed E-state index contributed by atoms with van der Waals surface area (Å²) in [6, 6.07) is 10.2. The number of methoxy groups -OCH3 is 2. The Bertz CT molecular complexity index is 727. The Kier molecular flexibility index (Phi) is 5.30. The molecule has 0 aliphatic carbocycles. The van der Waals surface area contributed by atoms with Crippen molar-refractivity contribution in [3.05, 3.63) is 59.4 Å². The zero-order valence-electron chi connectivity index (χ0n) is 12.7.